The minimum atomic E-state index is -0.394. The Kier molecular flexibility index (Phi) is 8.36. The molecule has 0 spiro atoms. The zero-order valence-electron chi connectivity index (χ0n) is 19.3. The van der Waals surface area contributed by atoms with Crippen molar-refractivity contribution < 1.29 is 14.6 Å². The second-order valence-electron chi connectivity index (χ2n) is 8.72. The summed E-state index contributed by atoms with van der Waals surface area (Å²) in [6.07, 6.45) is 1.83. The second kappa shape index (κ2) is 11.8. The van der Waals surface area contributed by atoms with Crippen molar-refractivity contribution >= 4 is 5.69 Å². The molecule has 1 heterocycles. The first-order valence-corrected chi connectivity index (χ1v) is 11.7. The Bertz CT molecular complexity index is 953. The molecule has 0 amide bonds. The zero-order chi connectivity index (χ0) is 22.9. The van der Waals surface area contributed by atoms with Gasteiger partial charge in [0.15, 0.2) is 0 Å². The first-order valence-electron chi connectivity index (χ1n) is 11.7. The summed E-state index contributed by atoms with van der Waals surface area (Å²) in [5.41, 5.74) is 3.53. The van der Waals surface area contributed by atoms with Crippen molar-refractivity contribution in [2.24, 2.45) is 0 Å². The summed E-state index contributed by atoms with van der Waals surface area (Å²) in [7, 11) is 1.70. The molecule has 0 saturated carbocycles. The molecule has 1 saturated heterocycles. The molecule has 0 radical (unpaired) electrons. The molecule has 33 heavy (non-hydrogen) atoms. The normalized spacial score (nSPS) is 15.8. The average molecular weight is 447 g/mol. The highest BCUT2D eigenvalue weighted by atomic mass is 16.5. The van der Waals surface area contributed by atoms with Gasteiger partial charge in [0.05, 0.1) is 12.7 Å². The fourth-order valence-corrected chi connectivity index (χ4v) is 4.37. The summed E-state index contributed by atoms with van der Waals surface area (Å²) in [6, 6.07) is 26.5. The van der Waals surface area contributed by atoms with E-state index >= 15 is 0 Å². The molecule has 1 aliphatic heterocycles. The Morgan fingerprint density at radius 2 is 1.58 bits per heavy atom. The predicted molar refractivity (Wildman–Crippen MR) is 133 cm³/mol. The van der Waals surface area contributed by atoms with Gasteiger partial charge in [0.1, 0.15) is 11.5 Å². The van der Waals surface area contributed by atoms with Crippen LogP contribution in [0.2, 0.25) is 0 Å². The molecule has 5 nitrogen and oxygen atoms in total. The van der Waals surface area contributed by atoms with E-state index in [0.29, 0.717) is 25.6 Å². The van der Waals surface area contributed by atoms with Crippen LogP contribution in [0.4, 0.5) is 5.69 Å². The van der Waals surface area contributed by atoms with Crippen LogP contribution in [0.15, 0.2) is 78.9 Å². The number of para-hydroxylation sites is 1. The van der Waals surface area contributed by atoms with Crippen LogP contribution in [0.1, 0.15) is 29.9 Å². The van der Waals surface area contributed by atoms with Gasteiger partial charge in [-0.15, -0.1) is 0 Å². The highest BCUT2D eigenvalue weighted by Gasteiger charge is 2.22. The van der Waals surface area contributed by atoms with Crippen molar-refractivity contribution in [3.63, 3.8) is 0 Å². The van der Waals surface area contributed by atoms with Gasteiger partial charge >= 0.3 is 0 Å². The summed E-state index contributed by atoms with van der Waals surface area (Å²) in [6.45, 7) is 3.88. The number of aliphatic hydroxyl groups is 1. The number of hydrogen-bond donors (Lipinski definition) is 2. The highest BCUT2D eigenvalue weighted by molar-refractivity contribution is 5.44. The Labute approximate surface area is 197 Å². The minimum Gasteiger partial charge on any atom is -0.457 e. The van der Waals surface area contributed by atoms with Crippen LogP contribution in [0.3, 0.4) is 0 Å². The van der Waals surface area contributed by atoms with Crippen LogP contribution in [-0.2, 0) is 11.3 Å². The van der Waals surface area contributed by atoms with Crippen molar-refractivity contribution in [2.45, 2.75) is 31.5 Å². The number of methoxy groups -OCH3 is 1. The van der Waals surface area contributed by atoms with Gasteiger partial charge < -0.3 is 24.8 Å². The van der Waals surface area contributed by atoms with Crippen LogP contribution in [0.25, 0.3) is 0 Å². The Balaban J connectivity index is 1.18. The third-order valence-electron chi connectivity index (χ3n) is 6.19. The SMILES string of the molecule is COCc1ccc(NCC(O)CN2CCC(c3ccc(Oc4ccccc4)cc3)CC2)cc1. The number of likely N-dealkylation sites (tertiary alicyclic amines) is 1. The first-order chi connectivity index (χ1) is 16.2. The lowest BCUT2D eigenvalue weighted by molar-refractivity contribution is 0.105. The maximum Gasteiger partial charge on any atom is 0.127 e. The minimum absolute atomic E-state index is 0.394. The molecule has 1 unspecified atom stereocenters. The van der Waals surface area contributed by atoms with Gasteiger partial charge in [-0.05, 0) is 79.4 Å². The van der Waals surface area contributed by atoms with Crippen LogP contribution in [-0.4, -0.2) is 49.4 Å². The van der Waals surface area contributed by atoms with Crippen LogP contribution in [0, 0.1) is 0 Å². The summed E-state index contributed by atoms with van der Waals surface area (Å²) >= 11 is 0. The molecule has 1 aliphatic rings. The predicted octanol–water partition coefficient (Wildman–Crippen LogP) is 5.28. The van der Waals surface area contributed by atoms with E-state index in [2.05, 4.69) is 34.5 Å². The van der Waals surface area contributed by atoms with E-state index in [1.807, 2.05) is 54.6 Å². The number of nitrogens with one attached hydrogen (secondary N) is 1. The van der Waals surface area contributed by atoms with E-state index in [1.165, 1.54) is 5.56 Å². The molecule has 4 rings (SSSR count). The molecular formula is C28H34N2O3. The lowest BCUT2D eigenvalue weighted by atomic mass is 9.89. The fraction of sp³-hybridized carbons (Fsp3) is 0.357. The van der Waals surface area contributed by atoms with Crippen molar-refractivity contribution in [1.29, 1.82) is 0 Å². The third kappa shape index (κ3) is 7.06. The molecule has 5 heteroatoms. The summed E-state index contributed by atoms with van der Waals surface area (Å²) in [5.74, 6) is 2.29. The monoisotopic (exact) mass is 446 g/mol. The third-order valence-corrected chi connectivity index (χ3v) is 6.19. The maximum atomic E-state index is 10.5. The lowest BCUT2D eigenvalue weighted by Crippen LogP contribution is -2.40. The number of ether oxygens (including phenoxy) is 2. The van der Waals surface area contributed by atoms with Crippen molar-refractivity contribution in [3.8, 4) is 11.5 Å². The number of hydrogen-bond acceptors (Lipinski definition) is 5. The van der Waals surface area contributed by atoms with Crippen LogP contribution in [0.5, 0.6) is 11.5 Å². The van der Waals surface area contributed by atoms with Crippen molar-refractivity contribution in [3.05, 3.63) is 90.0 Å². The van der Waals surface area contributed by atoms with Crippen LogP contribution < -0.4 is 10.1 Å². The summed E-state index contributed by atoms with van der Waals surface area (Å²) < 4.78 is 11.0. The Morgan fingerprint density at radius 1 is 0.909 bits per heavy atom. The van der Waals surface area contributed by atoms with Gasteiger partial charge in [0.25, 0.3) is 0 Å². The van der Waals surface area contributed by atoms with E-state index < -0.39 is 6.10 Å². The Hall–Kier alpha value is -2.86. The van der Waals surface area contributed by atoms with Crippen molar-refractivity contribution in [2.75, 3.05) is 38.6 Å². The summed E-state index contributed by atoms with van der Waals surface area (Å²) in [4.78, 5) is 2.37. The van der Waals surface area contributed by atoms with Gasteiger partial charge in [-0.25, -0.2) is 0 Å². The zero-order valence-corrected chi connectivity index (χ0v) is 19.3. The second-order valence-corrected chi connectivity index (χ2v) is 8.72. The smallest absolute Gasteiger partial charge is 0.127 e. The van der Waals surface area contributed by atoms with Gasteiger partial charge in [-0.1, -0.05) is 42.5 Å². The Morgan fingerprint density at radius 3 is 2.24 bits per heavy atom. The van der Waals surface area contributed by atoms with E-state index in [4.69, 9.17) is 9.47 Å². The molecule has 0 aromatic heterocycles. The van der Waals surface area contributed by atoms with Crippen LogP contribution >= 0.6 is 0 Å². The number of benzene rings is 3. The fourth-order valence-electron chi connectivity index (χ4n) is 4.37. The van der Waals surface area contributed by atoms with E-state index in [-0.39, 0.29) is 0 Å². The highest BCUT2D eigenvalue weighted by Crippen LogP contribution is 2.30. The maximum absolute atomic E-state index is 10.5. The molecule has 1 fully saturated rings. The molecule has 0 aliphatic carbocycles. The first kappa shape index (κ1) is 23.3. The van der Waals surface area contributed by atoms with E-state index in [1.54, 1.807) is 7.11 Å². The van der Waals surface area contributed by atoms with Gasteiger partial charge in [0, 0.05) is 25.9 Å². The van der Waals surface area contributed by atoms with E-state index in [0.717, 1.165) is 48.7 Å². The number of rotatable bonds is 10. The number of nitrogens with zero attached hydrogens (tertiary/aromatic N) is 1. The molecular weight excluding hydrogens is 412 g/mol. The standard InChI is InChI=1S/C28H34N2O3/c1-32-21-22-7-11-25(12-8-22)29-19-26(31)20-30-17-15-24(16-18-30)23-9-13-28(14-10-23)33-27-5-3-2-4-6-27/h2-14,24,26,29,31H,15-21H2,1H3. The molecule has 1 atom stereocenters. The lowest BCUT2D eigenvalue weighted by Gasteiger charge is -2.33. The number of β-amino-alcohol motifs (C(OH)–C–C–N with tert-alkyl or cyclic N) is 1. The topological polar surface area (TPSA) is 54.0 Å². The molecule has 2 N–H and O–H groups in total. The average Bonchev–Trinajstić information content (AvgIpc) is 2.85. The van der Waals surface area contributed by atoms with Crippen molar-refractivity contribution in [1.82, 2.24) is 4.90 Å². The quantitative estimate of drug-likeness (QED) is 0.444. The van der Waals surface area contributed by atoms with Gasteiger partial charge in [-0.3, -0.25) is 0 Å². The van der Waals surface area contributed by atoms with Gasteiger partial charge in [0.2, 0.25) is 0 Å². The number of aliphatic hydroxyl groups excluding tert-OH is 1. The molecule has 3 aromatic rings. The van der Waals surface area contributed by atoms with Gasteiger partial charge in [-0.2, -0.15) is 0 Å². The largest absolute Gasteiger partial charge is 0.457 e. The molecule has 0 bridgehead atoms. The summed E-state index contributed by atoms with van der Waals surface area (Å²) in [5, 5.41) is 13.8. The molecule has 3 aromatic carbocycles. The number of anilines is 1. The van der Waals surface area contributed by atoms with E-state index in [9.17, 15) is 5.11 Å². The molecule has 174 valence electrons. The number of piperidine rings is 1.